The van der Waals surface area contributed by atoms with Crippen LogP contribution in [0.5, 0.6) is 0 Å². The van der Waals surface area contributed by atoms with Gasteiger partial charge in [-0.25, -0.2) is 0 Å². The first kappa shape index (κ1) is 20.1. The zero-order chi connectivity index (χ0) is 20.1. The number of likely N-dealkylation sites (N-methyl/N-ethyl adjacent to an activating group) is 1. The average Bonchev–Trinajstić information content (AvgIpc) is 3.05. The average molecular weight is 379 g/mol. The number of carbonyl (C=O) groups is 1. The number of fused-ring (bicyclic) bond motifs is 1. The predicted molar refractivity (Wildman–Crippen MR) is 114 cm³/mol. The summed E-state index contributed by atoms with van der Waals surface area (Å²) in [5, 5.41) is 8.59. The van der Waals surface area contributed by atoms with E-state index >= 15 is 0 Å². The third-order valence-electron chi connectivity index (χ3n) is 5.41. The van der Waals surface area contributed by atoms with Crippen molar-refractivity contribution in [1.82, 2.24) is 20.0 Å². The van der Waals surface area contributed by atoms with Gasteiger partial charge in [0, 0.05) is 31.4 Å². The van der Waals surface area contributed by atoms with E-state index in [1.807, 2.05) is 36.1 Å². The molecule has 1 aromatic heterocycles. The van der Waals surface area contributed by atoms with Crippen LogP contribution in [0.15, 0.2) is 54.7 Å². The quantitative estimate of drug-likeness (QED) is 0.654. The number of hydrogen-bond donors (Lipinski definition) is 1. The Kier molecular flexibility index (Phi) is 6.47. The summed E-state index contributed by atoms with van der Waals surface area (Å²) < 4.78 is 1.89. The smallest absolute Gasteiger partial charge is 0.220 e. The van der Waals surface area contributed by atoms with E-state index in [0.717, 1.165) is 17.3 Å². The Bertz CT molecular complexity index is 917. The van der Waals surface area contributed by atoms with Gasteiger partial charge in [-0.2, -0.15) is 5.10 Å². The minimum absolute atomic E-state index is 0.103. The molecule has 0 bridgehead atoms. The van der Waals surface area contributed by atoms with Gasteiger partial charge in [0.15, 0.2) is 0 Å². The molecule has 0 aliphatic heterocycles. The standard InChI is InChI=1S/C23H30N4O/c1-17(19-8-6-5-7-9-19)12-23(28)24-16-21(26(2)3)14-18-10-11-22-20(13-18)15-25-27(22)4/h5-11,13,15,17,21H,12,14,16H2,1-4H3,(H,24,28). The summed E-state index contributed by atoms with van der Waals surface area (Å²) in [6, 6.07) is 16.9. The molecule has 1 N–H and O–H groups in total. The van der Waals surface area contributed by atoms with Crippen molar-refractivity contribution in [2.24, 2.45) is 7.05 Å². The number of rotatable bonds is 8. The van der Waals surface area contributed by atoms with Gasteiger partial charge in [-0.1, -0.05) is 43.3 Å². The number of hydrogen-bond acceptors (Lipinski definition) is 3. The topological polar surface area (TPSA) is 50.2 Å². The van der Waals surface area contributed by atoms with Gasteiger partial charge in [0.2, 0.25) is 5.91 Å². The molecule has 2 aromatic carbocycles. The van der Waals surface area contributed by atoms with Crippen LogP contribution in [0.3, 0.4) is 0 Å². The maximum Gasteiger partial charge on any atom is 0.220 e. The third-order valence-corrected chi connectivity index (χ3v) is 5.41. The summed E-state index contributed by atoms with van der Waals surface area (Å²) in [5.41, 5.74) is 3.59. The van der Waals surface area contributed by atoms with Gasteiger partial charge in [0.1, 0.15) is 0 Å². The van der Waals surface area contributed by atoms with E-state index in [2.05, 4.69) is 66.7 Å². The molecular formula is C23H30N4O. The fourth-order valence-corrected chi connectivity index (χ4v) is 3.53. The molecule has 0 fully saturated rings. The second kappa shape index (κ2) is 9.02. The molecule has 0 saturated carbocycles. The molecule has 2 unspecified atom stereocenters. The molecule has 0 radical (unpaired) electrons. The fraction of sp³-hybridized carbons (Fsp3) is 0.391. The van der Waals surface area contributed by atoms with Crippen molar-refractivity contribution in [3.8, 4) is 0 Å². The minimum atomic E-state index is 0.103. The number of benzene rings is 2. The van der Waals surface area contributed by atoms with Gasteiger partial charge in [-0.05, 0) is 49.7 Å². The first-order valence-corrected chi connectivity index (χ1v) is 9.82. The number of carbonyl (C=O) groups excluding carboxylic acids is 1. The van der Waals surface area contributed by atoms with Crippen LogP contribution in [0.4, 0.5) is 0 Å². The molecule has 0 aliphatic carbocycles. The van der Waals surface area contributed by atoms with Gasteiger partial charge in [-0.3, -0.25) is 9.48 Å². The van der Waals surface area contributed by atoms with Crippen molar-refractivity contribution in [2.75, 3.05) is 20.6 Å². The first-order valence-electron chi connectivity index (χ1n) is 9.82. The van der Waals surface area contributed by atoms with Crippen LogP contribution in [-0.4, -0.2) is 47.3 Å². The van der Waals surface area contributed by atoms with E-state index in [0.29, 0.717) is 13.0 Å². The van der Waals surface area contributed by atoms with E-state index < -0.39 is 0 Å². The summed E-state index contributed by atoms with van der Waals surface area (Å²) in [6.07, 6.45) is 3.29. The lowest BCUT2D eigenvalue weighted by Crippen LogP contribution is -2.41. The lowest BCUT2D eigenvalue weighted by molar-refractivity contribution is -0.121. The molecule has 0 aliphatic rings. The number of aromatic nitrogens is 2. The summed E-state index contributed by atoms with van der Waals surface area (Å²) in [6.45, 7) is 2.74. The molecule has 3 rings (SSSR count). The molecule has 2 atom stereocenters. The lowest BCUT2D eigenvalue weighted by Gasteiger charge is -2.25. The lowest BCUT2D eigenvalue weighted by atomic mass is 9.97. The Hall–Kier alpha value is -2.66. The molecule has 3 aromatic rings. The minimum Gasteiger partial charge on any atom is -0.355 e. The maximum absolute atomic E-state index is 12.4. The summed E-state index contributed by atoms with van der Waals surface area (Å²) in [5.74, 6) is 0.318. The van der Waals surface area contributed by atoms with Gasteiger partial charge in [0.25, 0.3) is 0 Å². The van der Waals surface area contributed by atoms with Crippen molar-refractivity contribution in [3.63, 3.8) is 0 Å². The highest BCUT2D eigenvalue weighted by Crippen LogP contribution is 2.19. The van der Waals surface area contributed by atoms with Crippen LogP contribution in [0.2, 0.25) is 0 Å². The fourth-order valence-electron chi connectivity index (χ4n) is 3.53. The first-order chi connectivity index (χ1) is 13.4. The molecule has 1 amide bonds. The van der Waals surface area contributed by atoms with Crippen molar-refractivity contribution < 1.29 is 4.79 Å². The van der Waals surface area contributed by atoms with Crippen LogP contribution in [-0.2, 0) is 18.3 Å². The molecule has 0 spiro atoms. The van der Waals surface area contributed by atoms with Gasteiger partial charge in [-0.15, -0.1) is 0 Å². The van der Waals surface area contributed by atoms with Crippen molar-refractivity contribution in [3.05, 3.63) is 65.9 Å². The van der Waals surface area contributed by atoms with Crippen molar-refractivity contribution >= 4 is 16.8 Å². The van der Waals surface area contributed by atoms with Gasteiger partial charge < -0.3 is 10.2 Å². The molecule has 28 heavy (non-hydrogen) atoms. The van der Waals surface area contributed by atoms with E-state index in [9.17, 15) is 4.79 Å². The summed E-state index contributed by atoms with van der Waals surface area (Å²) >= 11 is 0. The van der Waals surface area contributed by atoms with E-state index in [1.165, 1.54) is 11.1 Å². The second-order valence-electron chi connectivity index (χ2n) is 7.80. The van der Waals surface area contributed by atoms with Crippen molar-refractivity contribution in [2.45, 2.75) is 31.7 Å². The Labute approximate surface area is 167 Å². The molecule has 5 heteroatoms. The number of nitrogens with zero attached hydrogens (tertiary/aromatic N) is 3. The highest BCUT2D eigenvalue weighted by Gasteiger charge is 2.16. The molecule has 148 valence electrons. The zero-order valence-electron chi connectivity index (χ0n) is 17.2. The number of aryl methyl sites for hydroxylation is 1. The largest absolute Gasteiger partial charge is 0.355 e. The van der Waals surface area contributed by atoms with E-state index in [4.69, 9.17) is 0 Å². The van der Waals surface area contributed by atoms with Crippen molar-refractivity contribution in [1.29, 1.82) is 0 Å². The van der Waals surface area contributed by atoms with Crippen LogP contribution < -0.4 is 5.32 Å². The summed E-state index contributed by atoms with van der Waals surface area (Å²) in [4.78, 5) is 14.6. The highest BCUT2D eigenvalue weighted by molar-refractivity contribution is 5.79. The maximum atomic E-state index is 12.4. The Morgan fingerprint density at radius 2 is 1.93 bits per heavy atom. The van der Waals surface area contributed by atoms with Crippen LogP contribution in [0, 0.1) is 0 Å². The number of nitrogens with one attached hydrogen (secondary N) is 1. The SMILES string of the molecule is CC(CC(=O)NCC(Cc1ccc2c(cnn2C)c1)N(C)C)c1ccccc1. The zero-order valence-corrected chi connectivity index (χ0v) is 17.2. The van der Waals surface area contributed by atoms with Gasteiger partial charge >= 0.3 is 0 Å². The predicted octanol–water partition coefficient (Wildman–Crippen LogP) is 3.36. The molecule has 0 saturated heterocycles. The Balaban J connectivity index is 1.57. The molecule has 5 nitrogen and oxygen atoms in total. The normalized spacial score (nSPS) is 13.6. The molecule has 1 heterocycles. The summed E-state index contributed by atoms with van der Waals surface area (Å²) in [7, 11) is 6.08. The van der Waals surface area contributed by atoms with E-state index in [-0.39, 0.29) is 17.9 Å². The second-order valence-corrected chi connectivity index (χ2v) is 7.80. The Morgan fingerprint density at radius 1 is 1.18 bits per heavy atom. The van der Waals surface area contributed by atoms with Crippen LogP contribution in [0.1, 0.15) is 30.4 Å². The van der Waals surface area contributed by atoms with Crippen LogP contribution in [0.25, 0.3) is 10.9 Å². The molecular weight excluding hydrogens is 348 g/mol. The Morgan fingerprint density at radius 3 is 2.64 bits per heavy atom. The van der Waals surface area contributed by atoms with E-state index in [1.54, 1.807) is 0 Å². The third kappa shape index (κ3) is 4.98. The highest BCUT2D eigenvalue weighted by atomic mass is 16.1. The monoisotopic (exact) mass is 378 g/mol. The van der Waals surface area contributed by atoms with Crippen LogP contribution >= 0.6 is 0 Å². The number of amides is 1. The van der Waals surface area contributed by atoms with Gasteiger partial charge in [0.05, 0.1) is 11.7 Å².